The highest BCUT2D eigenvalue weighted by Gasteiger charge is 2.29. The third-order valence-electron chi connectivity index (χ3n) is 4.28. The molecule has 24 heavy (non-hydrogen) atoms. The standard InChI is InChI=1S/C18H21N3O2S/c1-13-8-9-21(18(13)23)12-16(22)20(2)11-15-10-19-17(24-15)14-6-4-3-5-7-14/h3-7,10,13H,8-9,11-12H2,1-2H3. The first-order chi connectivity index (χ1) is 11.5. The number of likely N-dealkylation sites (tertiary alicyclic amines) is 1. The summed E-state index contributed by atoms with van der Waals surface area (Å²) in [7, 11) is 1.77. The van der Waals surface area contributed by atoms with Crippen LogP contribution in [0.1, 0.15) is 18.2 Å². The summed E-state index contributed by atoms with van der Waals surface area (Å²) in [6.45, 7) is 3.28. The molecular formula is C18H21N3O2S. The summed E-state index contributed by atoms with van der Waals surface area (Å²) in [5, 5.41) is 0.954. The lowest BCUT2D eigenvalue weighted by Crippen LogP contribution is -2.39. The third-order valence-corrected chi connectivity index (χ3v) is 5.32. The van der Waals surface area contributed by atoms with E-state index >= 15 is 0 Å². The Morgan fingerprint density at radius 1 is 1.38 bits per heavy atom. The van der Waals surface area contributed by atoms with E-state index in [1.807, 2.05) is 43.5 Å². The van der Waals surface area contributed by atoms with Crippen molar-refractivity contribution >= 4 is 23.2 Å². The van der Waals surface area contributed by atoms with Gasteiger partial charge in [0.25, 0.3) is 0 Å². The fraction of sp³-hybridized carbons (Fsp3) is 0.389. The van der Waals surface area contributed by atoms with E-state index in [1.54, 1.807) is 28.2 Å². The molecule has 1 aliphatic rings. The zero-order chi connectivity index (χ0) is 17.1. The second-order valence-electron chi connectivity index (χ2n) is 6.20. The fourth-order valence-corrected chi connectivity index (χ4v) is 3.72. The Kier molecular flexibility index (Phi) is 4.94. The normalized spacial score (nSPS) is 17.3. The number of hydrogen-bond acceptors (Lipinski definition) is 4. The molecule has 2 amide bonds. The van der Waals surface area contributed by atoms with E-state index in [9.17, 15) is 9.59 Å². The second kappa shape index (κ2) is 7.13. The predicted molar refractivity (Wildman–Crippen MR) is 94.4 cm³/mol. The maximum absolute atomic E-state index is 12.3. The van der Waals surface area contributed by atoms with Crippen molar-refractivity contribution < 1.29 is 9.59 Å². The van der Waals surface area contributed by atoms with Gasteiger partial charge >= 0.3 is 0 Å². The molecule has 0 radical (unpaired) electrons. The summed E-state index contributed by atoms with van der Waals surface area (Å²) in [4.78, 5) is 33.1. The van der Waals surface area contributed by atoms with Gasteiger partial charge < -0.3 is 9.80 Å². The monoisotopic (exact) mass is 343 g/mol. The molecule has 0 N–H and O–H groups in total. The van der Waals surface area contributed by atoms with Crippen LogP contribution in [0.2, 0.25) is 0 Å². The molecule has 1 aromatic carbocycles. The van der Waals surface area contributed by atoms with Crippen LogP contribution < -0.4 is 0 Å². The van der Waals surface area contributed by atoms with Crippen molar-refractivity contribution in [3.63, 3.8) is 0 Å². The van der Waals surface area contributed by atoms with Crippen molar-refractivity contribution in [1.29, 1.82) is 0 Å². The van der Waals surface area contributed by atoms with Gasteiger partial charge in [-0.05, 0) is 6.42 Å². The average molecular weight is 343 g/mol. The number of carbonyl (C=O) groups is 2. The lowest BCUT2D eigenvalue weighted by molar-refractivity contribution is -0.139. The smallest absolute Gasteiger partial charge is 0.242 e. The van der Waals surface area contributed by atoms with Crippen LogP contribution in [0.3, 0.4) is 0 Å². The molecule has 1 fully saturated rings. The zero-order valence-corrected chi connectivity index (χ0v) is 14.8. The van der Waals surface area contributed by atoms with Gasteiger partial charge in [0, 0.05) is 36.1 Å². The highest BCUT2D eigenvalue weighted by molar-refractivity contribution is 7.15. The summed E-state index contributed by atoms with van der Waals surface area (Å²) in [5.74, 6) is 0.0889. The van der Waals surface area contributed by atoms with Crippen molar-refractivity contribution in [2.24, 2.45) is 5.92 Å². The summed E-state index contributed by atoms with van der Waals surface area (Å²) in [6.07, 6.45) is 2.66. The maximum Gasteiger partial charge on any atom is 0.242 e. The summed E-state index contributed by atoms with van der Waals surface area (Å²) >= 11 is 1.59. The molecule has 0 saturated carbocycles. The number of aromatic nitrogens is 1. The number of carbonyl (C=O) groups excluding carboxylic acids is 2. The maximum atomic E-state index is 12.3. The van der Waals surface area contributed by atoms with Crippen molar-refractivity contribution in [2.45, 2.75) is 19.9 Å². The van der Waals surface area contributed by atoms with E-state index in [1.165, 1.54) is 0 Å². The van der Waals surface area contributed by atoms with E-state index in [-0.39, 0.29) is 24.3 Å². The molecule has 1 saturated heterocycles. The van der Waals surface area contributed by atoms with Crippen LogP contribution in [0.15, 0.2) is 36.5 Å². The summed E-state index contributed by atoms with van der Waals surface area (Å²) in [5.41, 5.74) is 1.08. The molecule has 3 rings (SSSR count). The number of amides is 2. The van der Waals surface area contributed by atoms with Crippen LogP contribution >= 0.6 is 11.3 Å². The quantitative estimate of drug-likeness (QED) is 0.839. The topological polar surface area (TPSA) is 53.5 Å². The predicted octanol–water partition coefficient (Wildman–Crippen LogP) is 2.64. The van der Waals surface area contributed by atoms with Crippen LogP contribution in [0.5, 0.6) is 0 Å². The van der Waals surface area contributed by atoms with Crippen LogP contribution in [0.4, 0.5) is 0 Å². The Labute approximate surface area is 145 Å². The first kappa shape index (κ1) is 16.6. The molecule has 2 aromatic rings. The Balaban J connectivity index is 1.59. The van der Waals surface area contributed by atoms with Gasteiger partial charge in [-0.25, -0.2) is 4.98 Å². The zero-order valence-electron chi connectivity index (χ0n) is 13.9. The second-order valence-corrected chi connectivity index (χ2v) is 7.31. The summed E-state index contributed by atoms with van der Waals surface area (Å²) in [6, 6.07) is 10.0. The Bertz CT molecular complexity index is 729. The van der Waals surface area contributed by atoms with E-state index in [0.717, 1.165) is 21.9 Å². The molecule has 5 nitrogen and oxygen atoms in total. The van der Waals surface area contributed by atoms with Gasteiger partial charge in [-0.2, -0.15) is 0 Å². The molecule has 2 heterocycles. The molecule has 0 aliphatic carbocycles. The molecule has 1 aliphatic heterocycles. The van der Waals surface area contributed by atoms with Gasteiger partial charge in [0.1, 0.15) is 5.01 Å². The van der Waals surface area contributed by atoms with E-state index in [0.29, 0.717) is 13.1 Å². The third kappa shape index (κ3) is 3.64. The lowest BCUT2D eigenvalue weighted by Gasteiger charge is -2.21. The van der Waals surface area contributed by atoms with Crippen LogP contribution in [0.25, 0.3) is 10.6 Å². The first-order valence-electron chi connectivity index (χ1n) is 8.07. The van der Waals surface area contributed by atoms with Crippen LogP contribution in [-0.2, 0) is 16.1 Å². The van der Waals surface area contributed by atoms with Crippen molar-refractivity contribution in [3.8, 4) is 10.6 Å². The molecule has 1 atom stereocenters. The van der Waals surface area contributed by atoms with Gasteiger partial charge in [-0.3, -0.25) is 9.59 Å². The number of hydrogen-bond donors (Lipinski definition) is 0. The Morgan fingerprint density at radius 2 is 2.12 bits per heavy atom. The number of rotatable bonds is 5. The molecular weight excluding hydrogens is 322 g/mol. The van der Waals surface area contributed by atoms with Gasteiger partial charge in [-0.15, -0.1) is 11.3 Å². The van der Waals surface area contributed by atoms with Crippen LogP contribution in [0, 0.1) is 5.92 Å². The number of thiazole rings is 1. The molecule has 0 spiro atoms. The highest BCUT2D eigenvalue weighted by Crippen LogP contribution is 2.25. The Hall–Kier alpha value is -2.21. The number of likely N-dealkylation sites (N-methyl/N-ethyl adjacent to an activating group) is 1. The summed E-state index contributed by atoms with van der Waals surface area (Å²) < 4.78 is 0. The van der Waals surface area contributed by atoms with Crippen molar-refractivity contribution in [1.82, 2.24) is 14.8 Å². The van der Waals surface area contributed by atoms with Gasteiger partial charge in [0.05, 0.1) is 13.1 Å². The minimum Gasteiger partial charge on any atom is -0.339 e. The van der Waals surface area contributed by atoms with Gasteiger partial charge in [0.2, 0.25) is 11.8 Å². The van der Waals surface area contributed by atoms with E-state index in [2.05, 4.69) is 4.98 Å². The van der Waals surface area contributed by atoms with E-state index in [4.69, 9.17) is 0 Å². The molecule has 6 heteroatoms. The minimum absolute atomic E-state index is 0.0351. The van der Waals surface area contributed by atoms with Gasteiger partial charge in [0.15, 0.2) is 0 Å². The minimum atomic E-state index is -0.0351. The molecule has 0 bridgehead atoms. The fourth-order valence-electron chi connectivity index (χ4n) is 2.75. The molecule has 1 unspecified atom stereocenters. The van der Waals surface area contributed by atoms with Crippen molar-refractivity contribution in [3.05, 3.63) is 41.4 Å². The SMILES string of the molecule is CC1CCN(CC(=O)N(C)Cc2cnc(-c3ccccc3)s2)C1=O. The molecule has 126 valence electrons. The first-order valence-corrected chi connectivity index (χ1v) is 8.89. The van der Waals surface area contributed by atoms with E-state index < -0.39 is 0 Å². The molecule has 1 aromatic heterocycles. The highest BCUT2D eigenvalue weighted by atomic mass is 32.1. The Morgan fingerprint density at radius 3 is 2.79 bits per heavy atom. The van der Waals surface area contributed by atoms with Crippen LogP contribution in [-0.4, -0.2) is 46.7 Å². The lowest BCUT2D eigenvalue weighted by atomic mass is 10.1. The average Bonchev–Trinajstić information content (AvgIpc) is 3.17. The largest absolute Gasteiger partial charge is 0.339 e. The number of benzene rings is 1. The number of nitrogens with zero attached hydrogens (tertiary/aromatic N) is 3. The van der Waals surface area contributed by atoms with Crippen molar-refractivity contribution in [2.75, 3.05) is 20.1 Å². The van der Waals surface area contributed by atoms with Gasteiger partial charge in [-0.1, -0.05) is 37.3 Å².